The fourth-order valence-corrected chi connectivity index (χ4v) is 4.35. The number of ketones is 2. The number of nitrogens with one attached hydrogen (secondary N) is 1. The van der Waals surface area contributed by atoms with Gasteiger partial charge in [-0.15, -0.1) is 0 Å². The molecule has 0 aromatic heterocycles. The molecule has 2 heterocycles. The van der Waals surface area contributed by atoms with Crippen molar-refractivity contribution in [3.8, 4) is 0 Å². The Balaban J connectivity index is 2.58. The molecule has 208 valence electrons. The van der Waals surface area contributed by atoms with Crippen molar-refractivity contribution in [3.05, 3.63) is 47.6 Å². The zero-order chi connectivity index (χ0) is 28.6. The van der Waals surface area contributed by atoms with Crippen molar-refractivity contribution in [2.75, 3.05) is 0 Å². The normalized spacial score (nSPS) is 35.0. The van der Waals surface area contributed by atoms with Crippen LogP contribution in [0, 0.1) is 11.3 Å². The Bertz CT molecular complexity index is 1070. The van der Waals surface area contributed by atoms with E-state index in [2.05, 4.69) is 5.32 Å². The molecule has 0 saturated carbocycles. The van der Waals surface area contributed by atoms with Crippen LogP contribution < -0.4 is 5.32 Å². The molecule has 3 rings (SSSR count). The van der Waals surface area contributed by atoms with E-state index >= 15 is 0 Å². The van der Waals surface area contributed by atoms with Gasteiger partial charge in [0.15, 0.2) is 5.78 Å². The molecule has 1 amide bonds. The van der Waals surface area contributed by atoms with Crippen LogP contribution in [0.15, 0.2) is 47.6 Å². The summed E-state index contributed by atoms with van der Waals surface area (Å²) in [6.07, 6.45) is 8.72. The van der Waals surface area contributed by atoms with Crippen molar-refractivity contribution in [2.45, 2.75) is 91.6 Å². The number of carbonyl (C=O) groups is 5. The zero-order valence-corrected chi connectivity index (χ0v) is 23.0. The van der Waals surface area contributed by atoms with Crippen molar-refractivity contribution in [1.29, 1.82) is 0 Å². The van der Waals surface area contributed by atoms with Gasteiger partial charge in [0, 0.05) is 19.8 Å². The Morgan fingerprint density at radius 2 is 1.82 bits per heavy atom. The minimum Gasteiger partial charge on any atom is -0.461 e. The van der Waals surface area contributed by atoms with E-state index in [9.17, 15) is 29.1 Å². The highest BCUT2D eigenvalue weighted by molar-refractivity contribution is 6.35. The van der Waals surface area contributed by atoms with Crippen LogP contribution in [0.5, 0.6) is 0 Å². The number of esters is 2. The third kappa shape index (κ3) is 7.84. The molecule has 3 aliphatic rings. The molecule has 38 heavy (non-hydrogen) atoms. The summed E-state index contributed by atoms with van der Waals surface area (Å²) in [5.74, 6) is -4.23. The van der Waals surface area contributed by atoms with Crippen LogP contribution >= 0.6 is 0 Å². The molecule has 6 atom stereocenters. The number of rotatable bonds is 5. The number of hydrogen-bond acceptors (Lipinski definition) is 8. The van der Waals surface area contributed by atoms with E-state index in [1.807, 2.05) is 19.9 Å². The van der Waals surface area contributed by atoms with Crippen molar-refractivity contribution < 1.29 is 38.6 Å². The molecule has 2 aliphatic heterocycles. The van der Waals surface area contributed by atoms with Crippen molar-refractivity contribution >= 4 is 29.4 Å². The van der Waals surface area contributed by atoms with Gasteiger partial charge in [-0.3, -0.25) is 24.0 Å². The smallest absolute Gasteiger partial charge is 0.322 e. The van der Waals surface area contributed by atoms with Crippen LogP contribution in [-0.2, 0) is 33.4 Å². The fraction of sp³-hybridized carbons (Fsp3) is 0.552. The second-order valence-electron chi connectivity index (χ2n) is 10.2. The van der Waals surface area contributed by atoms with Gasteiger partial charge < -0.3 is 19.9 Å². The molecule has 1 aliphatic carbocycles. The van der Waals surface area contributed by atoms with E-state index in [4.69, 9.17) is 9.47 Å². The van der Waals surface area contributed by atoms with Gasteiger partial charge in [0.25, 0.3) is 5.91 Å². The lowest BCUT2D eigenvalue weighted by molar-refractivity contribution is -0.182. The maximum Gasteiger partial charge on any atom is 0.322 e. The van der Waals surface area contributed by atoms with Gasteiger partial charge in [-0.25, -0.2) is 0 Å². The summed E-state index contributed by atoms with van der Waals surface area (Å²) in [5, 5.41) is 12.9. The first-order valence-electron chi connectivity index (χ1n) is 13.0. The highest BCUT2D eigenvalue weighted by Crippen LogP contribution is 2.38. The van der Waals surface area contributed by atoms with Crippen LogP contribution in [0.3, 0.4) is 0 Å². The van der Waals surface area contributed by atoms with E-state index in [-0.39, 0.29) is 12.8 Å². The van der Waals surface area contributed by atoms with Crippen LogP contribution in [0.2, 0.25) is 0 Å². The van der Waals surface area contributed by atoms with Gasteiger partial charge in [0.2, 0.25) is 5.78 Å². The van der Waals surface area contributed by atoms with Gasteiger partial charge in [-0.2, -0.15) is 0 Å². The van der Waals surface area contributed by atoms with Crippen molar-refractivity contribution in [2.24, 2.45) is 11.3 Å². The number of hydrogen-bond donors (Lipinski definition) is 2. The first-order valence-corrected chi connectivity index (χ1v) is 13.0. The highest BCUT2D eigenvalue weighted by Gasteiger charge is 2.56. The number of amides is 1. The minimum absolute atomic E-state index is 0.0669. The average Bonchev–Trinajstić information content (AvgIpc) is 2.85. The lowest BCUT2D eigenvalue weighted by Crippen LogP contribution is -2.61. The minimum atomic E-state index is -1.81. The second-order valence-corrected chi connectivity index (χ2v) is 10.2. The Labute approximate surface area is 224 Å². The molecule has 0 aromatic carbocycles. The topological polar surface area (TPSA) is 136 Å². The number of ether oxygens (including phenoxy) is 2. The quantitative estimate of drug-likeness (QED) is 0.315. The molecule has 1 saturated heterocycles. The van der Waals surface area contributed by atoms with Gasteiger partial charge in [-0.05, 0) is 39.7 Å². The number of aliphatic hydroxyl groups is 1. The first kappa shape index (κ1) is 30.9. The standard InChI is InChI=1S/C29H39NO8/c1-7-8-25(33)37-22-14-11-17(2)9-12-21(32)13-10-18(3)15-24(30-27(35)20(5)31)29(6)26(34)19(4)23(16-22)38-28(29)36/h9-11,13-15,19,21-24,32H,7-8,12,16H2,1-6H3,(H,30,35)/b13-10-,14-11-,17-9-,18-15-/t19-,21+,22-,23-,24-,29+/m1/s1. The highest BCUT2D eigenvalue weighted by atomic mass is 16.6. The molecule has 0 spiro atoms. The number of carbonyl (C=O) groups excluding carboxylic acids is 5. The molecule has 1 fully saturated rings. The predicted molar refractivity (Wildman–Crippen MR) is 141 cm³/mol. The fourth-order valence-electron chi connectivity index (χ4n) is 4.35. The van der Waals surface area contributed by atoms with E-state index in [1.165, 1.54) is 13.0 Å². The number of fused-ring (bicyclic) bond motifs is 10. The molecule has 0 unspecified atom stereocenters. The molecule has 0 aromatic rings. The van der Waals surface area contributed by atoms with Crippen LogP contribution in [0.4, 0.5) is 0 Å². The molecule has 2 N–H and O–H groups in total. The third-order valence-corrected chi connectivity index (χ3v) is 6.86. The lowest BCUT2D eigenvalue weighted by Gasteiger charge is -2.42. The van der Waals surface area contributed by atoms with Crippen molar-refractivity contribution in [3.63, 3.8) is 0 Å². The van der Waals surface area contributed by atoms with E-state index in [1.54, 1.807) is 38.2 Å². The summed E-state index contributed by atoms with van der Waals surface area (Å²) in [6, 6.07) is -1.18. The summed E-state index contributed by atoms with van der Waals surface area (Å²) in [4.78, 5) is 63.4. The predicted octanol–water partition coefficient (Wildman–Crippen LogP) is 3.07. The number of allylic oxidation sites excluding steroid dienone is 4. The van der Waals surface area contributed by atoms with E-state index in [0.29, 0.717) is 18.4 Å². The molecule has 2 bridgehead atoms. The van der Waals surface area contributed by atoms with Gasteiger partial charge in [0.05, 0.1) is 18.1 Å². The van der Waals surface area contributed by atoms with E-state index < -0.39 is 65.1 Å². The van der Waals surface area contributed by atoms with E-state index in [0.717, 1.165) is 12.5 Å². The summed E-state index contributed by atoms with van der Waals surface area (Å²) < 4.78 is 11.4. The van der Waals surface area contributed by atoms with Crippen LogP contribution in [-0.4, -0.2) is 58.9 Å². The summed E-state index contributed by atoms with van der Waals surface area (Å²) >= 11 is 0. The Morgan fingerprint density at radius 1 is 1.16 bits per heavy atom. The SMILES string of the molecule is CCCC(=O)O[C@@H]1/C=C\C(C)=C/C[C@H](O)/C=C\C(C)=C/[C@@H](NC(=O)C(C)=O)[C@]2(C)C(=O)O[C@H](C1)[C@@H](C)C2=O. The molecule has 9 heteroatoms. The first-order chi connectivity index (χ1) is 17.8. The summed E-state index contributed by atoms with van der Waals surface area (Å²) in [6.45, 7) is 9.49. The van der Waals surface area contributed by atoms with Gasteiger partial charge >= 0.3 is 11.9 Å². The number of Topliss-reactive ketones (excluding diaryl/α,β-unsaturated/α-hetero) is 2. The maximum atomic E-state index is 13.7. The average molecular weight is 530 g/mol. The Morgan fingerprint density at radius 3 is 2.45 bits per heavy atom. The van der Waals surface area contributed by atoms with Crippen molar-refractivity contribution in [1.82, 2.24) is 5.32 Å². The molecule has 9 nitrogen and oxygen atoms in total. The third-order valence-electron chi connectivity index (χ3n) is 6.86. The molecular formula is C29H39NO8. The molecular weight excluding hydrogens is 490 g/mol. The monoisotopic (exact) mass is 529 g/mol. The zero-order valence-electron chi connectivity index (χ0n) is 23.0. The van der Waals surface area contributed by atoms with Gasteiger partial charge in [-0.1, -0.05) is 55.4 Å². The largest absolute Gasteiger partial charge is 0.461 e. The molecule has 0 radical (unpaired) electrons. The summed E-state index contributed by atoms with van der Waals surface area (Å²) in [5.41, 5.74) is -0.428. The Kier molecular flexibility index (Phi) is 10.9. The maximum absolute atomic E-state index is 13.7. The van der Waals surface area contributed by atoms with Crippen LogP contribution in [0.1, 0.15) is 67.2 Å². The second kappa shape index (κ2) is 13.5. The summed E-state index contributed by atoms with van der Waals surface area (Å²) in [7, 11) is 0. The lowest BCUT2D eigenvalue weighted by atomic mass is 9.69. The number of aliphatic hydroxyl groups excluding tert-OH is 1. The Hall–Kier alpha value is -3.33. The van der Waals surface area contributed by atoms with Gasteiger partial charge in [0.1, 0.15) is 17.6 Å². The van der Waals surface area contributed by atoms with Crippen LogP contribution in [0.25, 0.3) is 0 Å².